The summed E-state index contributed by atoms with van der Waals surface area (Å²) in [7, 11) is 0. The average molecular weight is 267 g/mol. The molecule has 1 aromatic carbocycles. The number of halogens is 1. The van der Waals surface area contributed by atoms with Crippen LogP contribution in [0.2, 0.25) is 5.02 Å². The van der Waals surface area contributed by atoms with Crippen molar-refractivity contribution in [2.45, 2.75) is 0 Å². The maximum Gasteiger partial charge on any atom is 0.313 e. The number of aromatic nitrogens is 2. The number of nitro groups is 1. The fourth-order valence-electron chi connectivity index (χ4n) is 1.43. The van der Waals surface area contributed by atoms with Crippen molar-refractivity contribution in [1.82, 2.24) is 9.97 Å². The summed E-state index contributed by atoms with van der Waals surface area (Å²) in [5.74, 6) is -0.194. The lowest BCUT2D eigenvalue weighted by Gasteiger charge is -2.07. The molecule has 18 heavy (non-hydrogen) atoms. The van der Waals surface area contributed by atoms with Crippen LogP contribution in [0.25, 0.3) is 11.3 Å². The third kappa shape index (κ3) is 1.91. The number of aromatic hydroxyl groups is 1. The van der Waals surface area contributed by atoms with Crippen molar-refractivity contribution in [1.29, 1.82) is 0 Å². The highest BCUT2D eigenvalue weighted by molar-refractivity contribution is 6.36. The molecule has 1 heterocycles. The maximum atomic E-state index is 10.9. The van der Waals surface area contributed by atoms with Crippen molar-refractivity contribution >= 4 is 23.0 Å². The van der Waals surface area contributed by atoms with E-state index in [0.717, 1.165) is 6.20 Å². The Bertz CT molecular complexity index is 633. The number of phenolic OH excluding ortho intramolecular Hbond substituents is 1. The second kappa shape index (κ2) is 4.46. The molecule has 0 aliphatic carbocycles. The van der Waals surface area contributed by atoms with Crippen LogP contribution in [0.4, 0.5) is 11.4 Å². The van der Waals surface area contributed by atoms with E-state index >= 15 is 0 Å². The number of anilines is 1. The smallest absolute Gasteiger partial charge is 0.313 e. The Morgan fingerprint density at radius 2 is 2.17 bits per heavy atom. The Balaban J connectivity index is 2.70. The molecule has 0 saturated carbocycles. The van der Waals surface area contributed by atoms with Gasteiger partial charge < -0.3 is 10.8 Å². The number of benzene rings is 1. The highest BCUT2D eigenvalue weighted by Crippen LogP contribution is 2.39. The molecular weight excluding hydrogens is 260 g/mol. The predicted octanol–water partition coefficient (Wildman–Crippen LogP) is 1.99. The van der Waals surface area contributed by atoms with Crippen LogP contribution in [0.3, 0.4) is 0 Å². The van der Waals surface area contributed by atoms with Gasteiger partial charge in [-0.2, -0.15) is 0 Å². The van der Waals surface area contributed by atoms with Crippen LogP contribution >= 0.6 is 11.6 Å². The van der Waals surface area contributed by atoms with Crippen molar-refractivity contribution in [2.75, 3.05) is 5.73 Å². The van der Waals surface area contributed by atoms with E-state index in [1.165, 1.54) is 18.5 Å². The van der Waals surface area contributed by atoms with Crippen LogP contribution in [-0.2, 0) is 0 Å². The minimum absolute atomic E-state index is 0.0109. The third-order valence-electron chi connectivity index (χ3n) is 2.30. The summed E-state index contributed by atoms with van der Waals surface area (Å²) in [4.78, 5) is 17.7. The first-order valence-electron chi connectivity index (χ1n) is 4.74. The van der Waals surface area contributed by atoms with E-state index < -0.39 is 4.92 Å². The molecule has 0 aliphatic heterocycles. The van der Waals surface area contributed by atoms with E-state index in [0.29, 0.717) is 0 Å². The van der Waals surface area contributed by atoms with Gasteiger partial charge in [0.25, 0.3) is 0 Å². The van der Waals surface area contributed by atoms with E-state index in [-0.39, 0.29) is 33.4 Å². The maximum absolute atomic E-state index is 10.9. The predicted molar refractivity (Wildman–Crippen MR) is 65.2 cm³/mol. The monoisotopic (exact) mass is 266 g/mol. The number of rotatable bonds is 2. The topological polar surface area (TPSA) is 115 Å². The van der Waals surface area contributed by atoms with Crippen molar-refractivity contribution in [3.05, 3.63) is 39.8 Å². The largest absolute Gasteiger partial charge is 0.506 e. The fraction of sp³-hybridized carbons (Fsp3) is 0. The molecule has 0 aliphatic rings. The van der Waals surface area contributed by atoms with E-state index in [1.54, 1.807) is 0 Å². The normalized spacial score (nSPS) is 10.3. The zero-order chi connectivity index (χ0) is 13.3. The van der Waals surface area contributed by atoms with E-state index in [4.69, 9.17) is 17.3 Å². The van der Waals surface area contributed by atoms with Crippen molar-refractivity contribution in [3.8, 4) is 17.0 Å². The van der Waals surface area contributed by atoms with Gasteiger partial charge in [-0.15, -0.1) is 0 Å². The first kappa shape index (κ1) is 12.1. The number of phenols is 1. The number of hydrogen-bond donors (Lipinski definition) is 2. The lowest BCUT2D eigenvalue weighted by Crippen LogP contribution is -1.97. The van der Waals surface area contributed by atoms with Gasteiger partial charge in [-0.05, 0) is 12.1 Å². The Hall–Kier alpha value is -2.41. The molecule has 2 rings (SSSR count). The summed E-state index contributed by atoms with van der Waals surface area (Å²) < 4.78 is 0. The van der Waals surface area contributed by atoms with Crippen LogP contribution in [0.5, 0.6) is 5.75 Å². The second-order valence-corrected chi connectivity index (χ2v) is 3.75. The van der Waals surface area contributed by atoms with Crippen molar-refractivity contribution < 1.29 is 10.0 Å². The van der Waals surface area contributed by atoms with Crippen LogP contribution < -0.4 is 5.73 Å². The molecule has 1 aromatic heterocycles. The molecule has 0 fully saturated rings. The van der Waals surface area contributed by atoms with E-state index in [2.05, 4.69) is 9.97 Å². The van der Waals surface area contributed by atoms with Gasteiger partial charge >= 0.3 is 5.69 Å². The van der Waals surface area contributed by atoms with Crippen LogP contribution in [-0.4, -0.2) is 20.0 Å². The standard InChI is InChI=1S/C10H7ClN4O3/c11-8-5(1-2-7(16)9(8)12)10-6(15(17)18)3-13-4-14-10/h1-4,16H,12H2. The quantitative estimate of drug-likeness (QED) is 0.372. The van der Waals surface area contributed by atoms with Crippen LogP contribution in [0.1, 0.15) is 0 Å². The van der Waals surface area contributed by atoms with Gasteiger partial charge in [-0.1, -0.05) is 11.6 Å². The molecule has 8 heteroatoms. The minimum atomic E-state index is -0.616. The Morgan fingerprint density at radius 1 is 1.44 bits per heavy atom. The lowest BCUT2D eigenvalue weighted by molar-refractivity contribution is -0.384. The summed E-state index contributed by atoms with van der Waals surface area (Å²) in [6.07, 6.45) is 2.24. The zero-order valence-corrected chi connectivity index (χ0v) is 9.63. The Morgan fingerprint density at radius 3 is 2.83 bits per heavy atom. The van der Waals surface area contributed by atoms with Gasteiger partial charge in [0.2, 0.25) is 0 Å². The van der Waals surface area contributed by atoms with E-state index in [1.807, 2.05) is 0 Å². The van der Waals surface area contributed by atoms with Crippen LogP contribution in [0, 0.1) is 10.1 Å². The van der Waals surface area contributed by atoms with Gasteiger partial charge in [-0.3, -0.25) is 10.1 Å². The van der Waals surface area contributed by atoms with Gasteiger partial charge in [0.1, 0.15) is 18.3 Å². The third-order valence-corrected chi connectivity index (χ3v) is 2.71. The zero-order valence-electron chi connectivity index (χ0n) is 8.87. The van der Waals surface area contributed by atoms with Gasteiger partial charge in [0.15, 0.2) is 5.69 Å². The van der Waals surface area contributed by atoms with Gasteiger partial charge in [-0.25, -0.2) is 9.97 Å². The summed E-state index contributed by atoms with van der Waals surface area (Å²) in [5.41, 5.74) is 5.52. The first-order valence-corrected chi connectivity index (χ1v) is 5.12. The molecule has 0 spiro atoms. The lowest BCUT2D eigenvalue weighted by atomic mass is 10.1. The Labute approximate surface area is 106 Å². The molecule has 3 N–H and O–H groups in total. The molecule has 0 amide bonds. The second-order valence-electron chi connectivity index (χ2n) is 3.37. The molecule has 0 bridgehead atoms. The molecule has 0 atom stereocenters. The molecule has 92 valence electrons. The average Bonchev–Trinajstić information content (AvgIpc) is 2.36. The number of nitrogens with two attached hydrogens (primary N) is 1. The fourth-order valence-corrected chi connectivity index (χ4v) is 1.68. The van der Waals surface area contributed by atoms with Crippen molar-refractivity contribution in [3.63, 3.8) is 0 Å². The summed E-state index contributed by atoms with van der Waals surface area (Å²) >= 11 is 5.94. The summed E-state index contributed by atoms with van der Waals surface area (Å²) in [6.45, 7) is 0. The molecule has 0 radical (unpaired) electrons. The van der Waals surface area contributed by atoms with Crippen LogP contribution in [0.15, 0.2) is 24.7 Å². The minimum Gasteiger partial charge on any atom is -0.506 e. The molecule has 0 saturated heterocycles. The van der Waals surface area contributed by atoms with Gasteiger partial charge in [0.05, 0.1) is 15.6 Å². The highest BCUT2D eigenvalue weighted by atomic mass is 35.5. The number of nitrogen functional groups attached to an aromatic ring is 1. The summed E-state index contributed by atoms with van der Waals surface area (Å²) in [5, 5.41) is 20.2. The number of nitrogens with zero attached hydrogens (tertiary/aromatic N) is 3. The Kier molecular flexibility index (Phi) is 2.99. The molecular formula is C10H7ClN4O3. The first-order chi connectivity index (χ1) is 8.52. The molecule has 2 aromatic rings. The molecule has 7 nitrogen and oxygen atoms in total. The van der Waals surface area contributed by atoms with Crippen molar-refractivity contribution in [2.24, 2.45) is 0 Å². The summed E-state index contributed by atoms with van der Waals surface area (Å²) in [6, 6.07) is 2.70. The van der Waals surface area contributed by atoms with E-state index in [9.17, 15) is 15.2 Å². The van der Waals surface area contributed by atoms with Gasteiger partial charge in [0, 0.05) is 5.56 Å². The number of hydrogen-bond acceptors (Lipinski definition) is 6. The SMILES string of the molecule is Nc1c(O)ccc(-c2ncncc2[N+](=O)[O-])c1Cl. The highest BCUT2D eigenvalue weighted by Gasteiger charge is 2.20. The molecule has 0 unspecified atom stereocenters.